The van der Waals surface area contributed by atoms with Crippen molar-refractivity contribution < 1.29 is 22.7 Å². The number of sulfonamides is 1. The number of benzene rings is 1. The van der Waals surface area contributed by atoms with Gasteiger partial charge in [0.1, 0.15) is 11.5 Å². The van der Waals surface area contributed by atoms with Gasteiger partial charge in [-0.25, -0.2) is 17.9 Å². The van der Waals surface area contributed by atoms with E-state index in [0.717, 1.165) is 6.07 Å². The van der Waals surface area contributed by atoms with E-state index in [9.17, 15) is 13.2 Å². The number of halogens is 1. The molecule has 112 valence electrons. The lowest BCUT2D eigenvalue weighted by atomic mass is 10.2. The number of furan rings is 1. The molecule has 21 heavy (non-hydrogen) atoms. The molecule has 0 spiro atoms. The van der Waals surface area contributed by atoms with Crippen LogP contribution in [0.15, 0.2) is 44.1 Å². The van der Waals surface area contributed by atoms with Crippen molar-refractivity contribution in [2.75, 3.05) is 0 Å². The summed E-state index contributed by atoms with van der Waals surface area (Å²) in [5.74, 6) is -0.0413. The summed E-state index contributed by atoms with van der Waals surface area (Å²) in [6, 6.07) is 7.20. The smallest absolute Gasteiger partial charge is 0.335 e. The highest BCUT2D eigenvalue weighted by molar-refractivity contribution is 9.10. The molecule has 0 saturated heterocycles. The van der Waals surface area contributed by atoms with Crippen molar-refractivity contribution in [1.29, 1.82) is 0 Å². The van der Waals surface area contributed by atoms with Gasteiger partial charge in [-0.05, 0) is 53.2 Å². The van der Waals surface area contributed by atoms with Crippen molar-refractivity contribution in [3.05, 3.63) is 51.9 Å². The summed E-state index contributed by atoms with van der Waals surface area (Å²) in [5.41, 5.74) is -0.104. The molecule has 0 aliphatic rings. The molecule has 0 saturated carbocycles. The molecular weight excluding hydrogens is 362 g/mol. The second-order valence-corrected chi connectivity index (χ2v) is 6.88. The Bertz CT molecular complexity index is 782. The topological polar surface area (TPSA) is 96.6 Å². The quantitative estimate of drug-likeness (QED) is 0.839. The molecule has 2 rings (SSSR count). The summed E-state index contributed by atoms with van der Waals surface area (Å²) < 4.78 is 32.4. The van der Waals surface area contributed by atoms with Gasteiger partial charge in [0.25, 0.3) is 0 Å². The third-order valence-electron chi connectivity index (χ3n) is 2.70. The number of hydrogen-bond acceptors (Lipinski definition) is 4. The van der Waals surface area contributed by atoms with E-state index in [4.69, 9.17) is 9.52 Å². The minimum absolute atomic E-state index is 0.0140. The molecule has 8 heteroatoms. The first-order chi connectivity index (χ1) is 9.79. The third kappa shape index (κ3) is 3.72. The van der Waals surface area contributed by atoms with E-state index in [1.165, 1.54) is 12.1 Å². The molecule has 1 aromatic carbocycles. The highest BCUT2D eigenvalue weighted by atomic mass is 79.9. The molecule has 1 heterocycles. The van der Waals surface area contributed by atoms with E-state index >= 15 is 0 Å². The minimum atomic E-state index is -3.86. The number of carbonyl (C=O) groups is 1. The second-order valence-electron chi connectivity index (χ2n) is 4.29. The van der Waals surface area contributed by atoms with Gasteiger partial charge >= 0.3 is 5.97 Å². The zero-order valence-corrected chi connectivity index (χ0v) is 13.4. The summed E-state index contributed by atoms with van der Waals surface area (Å²) >= 11 is 3.11. The van der Waals surface area contributed by atoms with E-state index < -0.39 is 16.0 Å². The van der Waals surface area contributed by atoms with Gasteiger partial charge in [-0.3, -0.25) is 0 Å². The standard InChI is InChI=1S/C13H12BrNO5S/c1-8-2-4-10(20-8)7-15-21(18,19)12-6-9(13(16)17)3-5-11(12)14/h2-6,15H,7H2,1H3,(H,16,17). The molecule has 1 aromatic heterocycles. The first-order valence-corrected chi connectivity index (χ1v) is 8.15. The maximum absolute atomic E-state index is 12.2. The average molecular weight is 374 g/mol. The van der Waals surface area contributed by atoms with E-state index in [1.807, 2.05) is 0 Å². The first kappa shape index (κ1) is 15.7. The molecule has 0 aliphatic heterocycles. The van der Waals surface area contributed by atoms with E-state index in [0.29, 0.717) is 11.5 Å². The predicted molar refractivity (Wildman–Crippen MR) is 78.6 cm³/mol. The van der Waals surface area contributed by atoms with Gasteiger partial charge in [0, 0.05) is 4.47 Å². The number of carboxylic acid groups (broad SMARTS) is 1. The normalized spacial score (nSPS) is 11.5. The van der Waals surface area contributed by atoms with E-state index in [1.54, 1.807) is 19.1 Å². The van der Waals surface area contributed by atoms with Crippen LogP contribution in [0.2, 0.25) is 0 Å². The molecule has 2 aromatic rings. The molecular formula is C13H12BrNO5S. The maximum atomic E-state index is 12.2. The molecule has 0 aliphatic carbocycles. The fraction of sp³-hybridized carbons (Fsp3) is 0.154. The van der Waals surface area contributed by atoms with Crippen molar-refractivity contribution >= 4 is 31.9 Å². The number of aryl methyl sites for hydroxylation is 1. The predicted octanol–water partition coefficient (Wildman–Crippen LogP) is 2.53. The van der Waals surface area contributed by atoms with Gasteiger partial charge in [-0.1, -0.05) is 0 Å². The number of rotatable bonds is 5. The molecule has 0 atom stereocenters. The molecule has 6 nitrogen and oxygen atoms in total. The molecule has 0 radical (unpaired) electrons. The Morgan fingerprint density at radius 1 is 1.33 bits per heavy atom. The molecule has 0 bridgehead atoms. The van der Waals surface area contributed by atoms with Crippen LogP contribution < -0.4 is 4.72 Å². The van der Waals surface area contributed by atoms with Crippen LogP contribution in [0.3, 0.4) is 0 Å². The maximum Gasteiger partial charge on any atom is 0.335 e. The Hall–Kier alpha value is -1.64. The fourth-order valence-corrected chi connectivity index (χ4v) is 3.65. The van der Waals surface area contributed by atoms with Gasteiger partial charge in [-0.2, -0.15) is 0 Å². The van der Waals surface area contributed by atoms with Gasteiger partial charge in [0.05, 0.1) is 17.0 Å². The summed E-state index contributed by atoms with van der Waals surface area (Å²) in [7, 11) is -3.86. The lowest BCUT2D eigenvalue weighted by Gasteiger charge is -2.08. The highest BCUT2D eigenvalue weighted by Crippen LogP contribution is 2.23. The molecule has 0 fully saturated rings. The summed E-state index contributed by atoms with van der Waals surface area (Å²) in [6.07, 6.45) is 0. The van der Waals surface area contributed by atoms with E-state index in [2.05, 4.69) is 20.7 Å². The largest absolute Gasteiger partial charge is 0.478 e. The van der Waals surface area contributed by atoms with Crippen LogP contribution in [0.1, 0.15) is 21.9 Å². The van der Waals surface area contributed by atoms with Crippen molar-refractivity contribution in [2.45, 2.75) is 18.4 Å². The minimum Gasteiger partial charge on any atom is -0.478 e. The fourth-order valence-electron chi connectivity index (χ4n) is 1.67. The second kappa shape index (κ2) is 6.00. The number of aromatic carboxylic acids is 1. The van der Waals surface area contributed by atoms with Crippen LogP contribution in [0, 0.1) is 6.92 Å². The molecule has 2 N–H and O–H groups in total. The van der Waals surface area contributed by atoms with Gasteiger partial charge in [-0.15, -0.1) is 0 Å². The lowest BCUT2D eigenvalue weighted by Crippen LogP contribution is -2.23. The number of nitrogens with one attached hydrogen (secondary N) is 1. The Balaban J connectivity index is 2.26. The van der Waals surface area contributed by atoms with Crippen LogP contribution in [-0.2, 0) is 16.6 Å². The molecule has 0 unspecified atom stereocenters. The monoisotopic (exact) mass is 373 g/mol. The van der Waals surface area contributed by atoms with Crippen LogP contribution in [0.4, 0.5) is 0 Å². The highest BCUT2D eigenvalue weighted by Gasteiger charge is 2.20. The SMILES string of the molecule is Cc1ccc(CNS(=O)(=O)c2cc(C(=O)O)ccc2Br)o1. The summed E-state index contributed by atoms with van der Waals surface area (Å²) in [5, 5.41) is 8.93. The zero-order valence-electron chi connectivity index (χ0n) is 11.0. The van der Waals surface area contributed by atoms with Crippen LogP contribution in [0.5, 0.6) is 0 Å². The van der Waals surface area contributed by atoms with E-state index in [-0.39, 0.29) is 21.5 Å². The third-order valence-corrected chi connectivity index (χ3v) is 5.10. The first-order valence-electron chi connectivity index (χ1n) is 5.87. The zero-order chi connectivity index (χ0) is 15.6. The van der Waals surface area contributed by atoms with Crippen LogP contribution in [-0.4, -0.2) is 19.5 Å². The lowest BCUT2D eigenvalue weighted by molar-refractivity contribution is 0.0696. The Kier molecular flexibility index (Phi) is 4.50. The van der Waals surface area contributed by atoms with Crippen molar-refractivity contribution in [3.8, 4) is 0 Å². The molecule has 0 amide bonds. The number of carboxylic acids is 1. The summed E-state index contributed by atoms with van der Waals surface area (Å²) in [4.78, 5) is 10.8. The van der Waals surface area contributed by atoms with Crippen molar-refractivity contribution in [2.24, 2.45) is 0 Å². The average Bonchev–Trinajstić information content (AvgIpc) is 2.82. The van der Waals surface area contributed by atoms with Gasteiger partial charge in [0.15, 0.2) is 0 Å². The van der Waals surface area contributed by atoms with Gasteiger partial charge < -0.3 is 9.52 Å². The number of hydrogen-bond donors (Lipinski definition) is 2. The van der Waals surface area contributed by atoms with Gasteiger partial charge in [0.2, 0.25) is 10.0 Å². The Morgan fingerprint density at radius 3 is 2.62 bits per heavy atom. The van der Waals surface area contributed by atoms with Crippen molar-refractivity contribution in [1.82, 2.24) is 4.72 Å². The van der Waals surface area contributed by atoms with Crippen LogP contribution >= 0.6 is 15.9 Å². The van der Waals surface area contributed by atoms with Crippen LogP contribution in [0.25, 0.3) is 0 Å². The Labute approximate surface area is 130 Å². The Morgan fingerprint density at radius 2 is 2.05 bits per heavy atom. The summed E-state index contributed by atoms with van der Waals surface area (Å²) in [6.45, 7) is 1.74. The van der Waals surface area contributed by atoms with Crippen molar-refractivity contribution in [3.63, 3.8) is 0 Å².